The predicted molar refractivity (Wildman–Crippen MR) is 141 cm³/mol. The molecule has 35 heavy (non-hydrogen) atoms. The van der Waals surface area contributed by atoms with Gasteiger partial charge in [0.1, 0.15) is 0 Å². The van der Waals surface area contributed by atoms with Crippen LogP contribution in [-0.4, -0.2) is 59.6 Å². The summed E-state index contributed by atoms with van der Waals surface area (Å²) >= 11 is 0. The zero-order valence-electron chi connectivity index (χ0n) is 20.6. The minimum Gasteiger partial charge on any atom is -0.352 e. The minimum absolute atomic E-state index is 0.103. The van der Waals surface area contributed by atoms with E-state index < -0.39 is 0 Å². The van der Waals surface area contributed by atoms with E-state index in [4.69, 9.17) is 4.98 Å². The number of piperidine rings is 1. The predicted octanol–water partition coefficient (Wildman–Crippen LogP) is 3.90. The van der Waals surface area contributed by atoms with Gasteiger partial charge in [-0.25, -0.2) is 9.55 Å². The van der Waals surface area contributed by atoms with Gasteiger partial charge in [-0.3, -0.25) is 9.59 Å². The molecule has 3 aromatic rings. The fourth-order valence-corrected chi connectivity index (χ4v) is 5.16. The number of hydrogen-bond acceptors (Lipinski definition) is 5. The average Bonchev–Trinajstić information content (AvgIpc) is 3.42. The zero-order chi connectivity index (χ0) is 24.2. The van der Waals surface area contributed by atoms with Crippen LogP contribution in [0.1, 0.15) is 54.4 Å². The molecule has 7 heteroatoms. The molecule has 0 saturated carbocycles. The normalized spacial score (nSPS) is 16.7. The summed E-state index contributed by atoms with van der Waals surface area (Å²) < 4.78 is 1.72. The summed E-state index contributed by atoms with van der Waals surface area (Å²) in [5.41, 5.74) is 2.97. The van der Waals surface area contributed by atoms with Gasteiger partial charge in [0.2, 0.25) is 5.95 Å². The highest BCUT2D eigenvalue weighted by Gasteiger charge is 2.22. The molecule has 0 aliphatic carbocycles. The number of nitrogens with zero attached hydrogens (tertiary/aromatic N) is 4. The Morgan fingerprint density at radius 1 is 0.943 bits per heavy atom. The van der Waals surface area contributed by atoms with Gasteiger partial charge in [-0.1, -0.05) is 24.1 Å². The molecular formula is C28H35N5O2. The monoisotopic (exact) mass is 473 g/mol. The number of aromatic nitrogens is 2. The van der Waals surface area contributed by atoms with E-state index in [0.717, 1.165) is 50.1 Å². The quantitative estimate of drug-likeness (QED) is 0.527. The first-order valence-electron chi connectivity index (χ1n) is 13.0. The fourth-order valence-electron chi connectivity index (χ4n) is 5.16. The first kappa shape index (κ1) is 23.5. The van der Waals surface area contributed by atoms with Crippen molar-refractivity contribution >= 4 is 22.8 Å². The summed E-state index contributed by atoms with van der Waals surface area (Å²) in [7, 11) is 0. The molecule has 184 valence electrons. The number of fused-ring (bicyclic) bond motifs is 1. The smallest absolute Gasteiger partial charge is 0.267 e. The van der Waals surface area contributed by atoms with E-state index in [2.05, 4.69) is 15.1 Å². The molecule has 7 nitrogen and oxygen atoms in total. The maximum absolute atomic E-state index is 13.6. The van der Waals surface area contributed by atoms with Gasteiger partial charge in [0.05, 0.1) is 16.6 Å². The van der Waals surface area contributed by atoms with Crippen molar-refractivity contribution in [1.82, 2.24) is 19.8 Å². The molecule has 1 amide bonds. The van der Waals surface area contributed by atoms with E-state index in [9.17, 15) is 9.59 Å². The second kappa shape index (κ2) is 10.6. The van der Waals surface area contributed by atoms with Gasteiger partial charge in [-0.05, 0) is 89.0 Å². The van der Waals surface area contributed by atoms with Gasteiger partial charge in [0, 0.05) is 25.2 Å². The van der Waals surface area contributed by atoms with Crippen LogP contribution in [0.15, 0.2) is 47.3 Å². The van der Waals surface area contributed by atoms with Crippen LogP contribution < -0.4 is 15.8 Å². The van der Waals surface area contributed by atoms with E-state index in [-0.39, 0.29) is 11.5 Å². The molecule has 1 N–H and O–H groups in total. The number of aryl methyl sites for hydroxylation is 1. The van der Waals surface area contributed by atoms with Crippen LogP contribution in [0.25, 0.3) is 16.6 Å². The molecule has 5 rings (SSSR count). The highest BCUT2D eigenvalue weighted by Crippen LogP contribution is 2.24. The molecule has 0 unspecified atom stereocenters. The molecule has 0 atom stereocenters. The Labute approximate surface area is 206 Å². The van der Waals surface area contributed by atoms with Crippen molar-refractivity contribution < 1.29 is 4.79 Å². The van der Waals surface area contributed by atoms with Gasteiger partial charge in [-0.2, -0.15) is 0 Å². The number of carbonyl (C=O) groups excluding carboxylic acids is 1. The standard InChI is InChI=1S/C28H35N5O2/c1-21-8-11-23(12-9-21)33-27(35)24-13-10-22(20-25(24)30-28(33)32-18-5-6-19-32)26(34)29-14-7-17-31-15-3-2-4-16-31/h8-13,20H,2-7,14-19H2,1H3,(H,29,34). The second-order valence-corrected chi connectivity index (χ2v) is 9.83. The lowest BCUT2D eigenvalue weighted by Gasteiger charge is -2.26. The van der Waals surface area contributed by atoms with Crippen LogP contribution in [-0.2, 0) is 0 Å². The number of nitrogens with one attached hydrogen (secondary N) is 1. The summed E-state index contributed by atoms with van der Waals surface area (Å²) in [6, 6.07) is 13.2. The summed E-state index contributed by atoms with van der Waals surface area (Å²) in [5.74, 6) is 0.542. The lowest BCUT2D eigenvalue weighted by Crippen LogP contribution is -2.33. The van der Waals surface area contributed by atoms with Crippen molar-refractivity contribution in [3.05, 3.63) is 63.9 Å². The zero-order valence-corrected chi connectivity index (χ0v) is 20.6. The Hall–Kier alpha value is -3.19. The van der Waals surface area contributed by atoms with E-state index in [1.807, 2.05) is 31.2 Å². The summed E-state index contributed by atoms with van der Waals surface area (Å²) in [5, 5.41) is 3.57. The molecule has 2 saturated heterocycles. The van der Waals surface area contributed by atoms with Crippen molar-refractivity contribution in [3.63, 3.8) is 0 Å². The number of carbonyl (C=O) groups is 1. The van der Waals surface area contributed by atoms with E-state index in [1.54, 1.807) is 22.8 Å². The molecule has 0 bridgehead atoms. The Kier molecular flexibility index (Phi) is 7.13. The van der Waals surface area contributed by atoms with Gasteiger partial charge < -0.3 is 15.1 Å². The maximum atomic E-state index is 13.6. The number of benzene rings is 2. The molecule has 1 aromatic heterocycles. The second-order valence-electron chi connectivity index (χ2n) is 9.83. The van der Waals surface area contributed by atoms with E-state index >= 15 is 0 Å². The number of likely N-dealkylation sites (tertiary alicyclic amines) is 1. The third-order valence-corrected chi connectivity index (χ3v) is 7.18. The van der Waals surface area contributed by atoms with Crippen molar-refractivity contribution in [2.75, 3.05) is 44.2 Å². The number of anilines is 1. The van der Waals surface area contributed by atoms with Crippen LogP contribution in [0.2, 0.25) is 0 Å². The Morgan fingerprint density at radius 3 is 2.40 bits per heavy atom. The molecule has 3 heterocycles. The van der Waals surface area contributed by atoms with Crippen LogP contribution >= 0.6 is 0 Å². The molecule has 2 fully saturated rings. The topological polar surface area (TPSA) is 70.5 Å². The van der Waals surface area contributed by atoms with Crippen molar-refractivity contribution in [1.29, 1.82) is 0 Å². The number of amides is 1. The Morgan fingerprint density at radius 2 is 1.66 bits per heavy atom. The van der Waals surface area contributed by atoms with Crippen LogP contribution in [0.5, 0.6) is 0 Å². The van der Waals surface area contributed by atoms with E-state index in [0.29, 0.717) is 29.0 Å². The van der Waals surface area contributed by atoms with E-state index in [1.165, 1.54) is 32.4 Å². The average molecular weight is 474 g/mol. The first-order valence-corrected chi connectivity index (χ1v) is 13.0. The fraction of sp³-hybridized carbons (Fsp3) is 0.464. The van der Waals surface area contributed by atoms with Crippen LogP contribution in [0.3, 0.4) is 0 Å². The number of hydrogen-bond donors (Lipinski definition) is 1. The summed E-state index contributed by atoms with van der Waals surface area (Å²) in [4.78, 5) is 36.0. The summed E-state index contributed by atoms with van der Waals surface area (Å²) in [6.45, 7) is 7.80. The van der Waals surface area contributed by atoms with Gasteiger partial charge in [0.25, 0.3) is 11.5 Å². The van der Waals surface area contributed by atoms with Crippen molar-refractivity contribution in [2.24, 2.45) is 0 Å². The Balaban J connectivity index is 1.39. The molecule has 2 aromatic carbocycles. The van der Waals surface area contributed by atoms with Gasteiger partial charge in [-0.15, -0.1) is 0 Å². The molecule has 0 spiro atoms. The SMILES string of the molecule is Cc1ccc(-n2c(N3CCCC3)nc3cc(C(=O)NCCCN4CCCCC4)ccc3c2=O)cc1. The van der Waals surface area contributed by atoms with Gasteiger partial charge >= 0.3 is 0 Å². The largest absolute Gasteiger partial charge is 0.352 e. The lowest BCUT2D eigenvalue weighted by atomic mass is 10.1. The van der Waals surface area contributed by atoms with Crippen LogP contribution in [0.4, 0.5) is 5.95 Å². The third-order valence-electron chi connectivity index (χ3n) is 7.18. The minimum atomic E-state index is -0.113. The van der Waals surface area contributed by atoms with Crippen molar-refractivity contribution in [3.8, 4) is 5.69 Å². The number of rotatable bonds is 7. The molecule has 2 aliphatic rings. The third kappa shape index (κ3) is 5.25. The van der Waals surface area contributed by atoms with Gasteiger partial charge in [0.15, 0.2) is 0 Å². The summed E-state index contributed by atoms with van der Waals surface area (Å²) in [6.07, 6.45) is 7.00. The Bertz CT molecular complexity index is 1240. The highest BCUT2D eigenvalue weighted by atomic mass is 16.1. The van der Waals surface area contributed by atoms with Crippen LogP contribution in [0, 0.1) is 6.92 Å². The molecule has 0 radical (unpaired) electrons. The highest BCUT2D eigenvalue weighted by molar-refractivity contribution is 5.97. The first-order chi connectivity index (χ1) is 17.1. The molecular weight excluding hydrogens is 438 g/mol. The van der Waals surface area contributed by atoms with Crippen molar-refractivity contribution in [2.45, 2.75) is 45.4 Å². The molecule has 2 aliphatic heterocycles. The lowest BCUT2D eigenvalue weighted by molar-refractivity contribution is 0.0951. The maximum Gasteiger partial charge on any atom is 0.267 e.